The molecule has 4 nitrogen and oxygen atoms in total. The lowest BCUT2D eigenvalue weighted by Crippen LogP contribution is -2.59. The zero-order chi connectivity index (χ0) is 11.6. The summed E-state index contributed by atoms with van der Waals surface area (Å²) >= 11 is 0. The molecule has 3 rings (SSSR count). The molecule has 1 fully saturated rings. The molecule has 3 aliphatic rings. The number of ether oxygens (including phenoxy) is 1. The molecule has 16 heavy (non-hydrogen) atoms. The summed E-state index contributed by atoms with van der Waals surface area (Å²) in [6.07, 6.45) is 2.68. The second-order valence-electron chi connectivity index (χ2n) is 5.89. The molecular weight excluding hydrogens is 208 g/mol. The van der Waals surface area contributed by atoms with Gasteiger partial charge in [-0.3, -0.25) is 0 Å². The Labute approximate surface area is 95.1 Å². The highest BCUT2D eigenvalue weighted by Crippen LogP contribution is 2.55. The van der Waals surface area contributed by atoms with E-state index in [9.17, 15) is 5.11 Å². The Morgan fingerprint density at radius 3 is 2.88 bits per heavy atom. The maximum absolute atomic E-state index is 10.2. The topological polar surface area (TPSA) is 47.9 Å². The van der Waals surface area contributed by atoms with E-state index < -0.39 is 18.0 Å². The highest BCUT2D eigenvalue weighted by atomic mass is 17.2. The minimum atomic E-state index is -0.590. The summed E-state index contributed by atoms with van der Waals surface area (Å²) in [6, 6.07) is 0. The second kappa shape index (κ2) is 3.00. The summed E-state index contributed by atoms with van der Waals surface area (Å²) in [5, 5.41) is 10.2. The zero-order valence-electron chi connectivity index (χ0n) is 9.90. The molecule has 1 N–H and O–H groups in total. The number of hydrogen-bond donors (Lipinski definition) is 1. The van der Waals surface area contributed by atoms with E-state index >= 15 is 0 Å². The predicted molar refractivity (Wildman–Crippen MR) is 56.0 cm³/mol. The van der Waals surface area contributed by atoms with Crippen LogP contribution < -0.4 is 0 Å². The van der Waals surface area contributed by atoms with E-state index in [2.05, 4.69) is 13.8 Å². The van der Waals surface area contributed by atoms with Crippen molar-refractivity contribution >= 4 is 0 Å². The van der Waals surface area contributed by atoms with Crippen LogP contribution in [0.15, 0.2) is 11.8 Å². The lowest BCUT2D eigenvalue weighted by molar-refractivity contribution is -0.327. The van der Waals surface area contributed by atoms with Crippen LogP contribution in [-0.2, 0) is 14.5 Å². The van der Waals surface area contributed by atoms with E-state index in [1.807, 2.05) is 13.0 Å². The van der Waals surface area contributed by atoms with Crippen LogP contribution in [0.4, 0.5) is 0 Å². The minimum absolute atomic E-state index is 0.0541. The van der Waals surface area contributed by atoms with Crippen molar-refractivity contribution in [3.8, 4) is 0 Å². The molecule has 0 aromatic carbocycles. The van der Waals surface area contributed by atoms with Crippen LogP contribution in [-0.4, -0.2) is 23.1 Å². The molecule has 2 bridgehead atoms. The molecule has 0 spiro atoms. The average molecular weight is 226 g/mol. The lowest BCUT2D eigenvalue weighted by atomic mass is 9.59. The molecule has 4 atom stereocenters. The highest BCUT2D eigenvalue weighted by Gasteiger charge is 2.60. The van der Waals surface area contributed by atoms with Crippen molar-refractivity contribution in [3.63, 3.8) is 0 Å². The Hall–Kier alpha value is -0.580. The van der Waals surface area contributed by atoms with Gasteiger partial charge in [0, 0.05) is 6.08 Å². The molecule has 0 saturated heterocycles. The first-order valence-electron chi connectivity index (χ1n) is 5.84. The highest BCUT2D eigenvalue weighted by molar-refractivity contribution is 5.20. The number of fused-ring (bicyclic) bond motifs is 3. The Bertz CT molecular complexity index is 349. The van der Waals surface area contributed by atoms with E-state index in [0.717, 1.165) is 18.6 Å². The van der Waals surface area contributed by atoms with E-state index in [4.69, 9.17) is 14.5 Å². The van der Waals surface area contributed by atoms with Crippen LogP contribution >= 0.6 is 0 Å². The van der Waals surface area contributed by atoms with Crippen LogP contribution in [0.3, 0.4) is 0 Å². The van der Waals surface area contributed by atoms with Gasteiger partial charge in [0.15, 0.2) is 0 Å². The van der Waals surface area contributed by atoms with Gasteiger partial charge in [0.2, 0.25) is 6.29 Å². The van der Waals surface area contributed by atoms with Gasteiger partial charge in [-0.2, -0.15) is 4.89 Å². The quantitative estimate of drug-likeness (QED) is 0.639. The molecule has 1 saturated carbocycles. The van der Waals surface area contributed by atoms with Gasteiger partial charge in [0.1, 0.15) is 11.4 Å². The van der Waals surface area contributed by atoms with Gasteiger partial charge in [-0.25, -0.2) is 0 Å². The smallest absolute Gasteiger partial charge is 0.226 e. The van der Waals surface area contributed by atoms with Crippen LogP contribution in [0.25, 0.3) is 0 Å². The Balaban J connectivity index is 2.07. The fourth-order valence-electron chi connectivity index (χ4n) is 3.46. The molecule has 2 aliphatic heterocycles. The van der Waals surface area contributed by atoms with Gasteiger partial charge in [0.05, 0.1) is 12.0 Å². The molecule has 0 aromatic rings. The van der Waals surface area contributed by atoms with Crippen molar-refractivity contribution in [3.05, 3.63) is 11.8 Å². The van der Waals surface area contributed by atoms with Crippen molar-refractivity contribution in [2.24, 2.45) is 11.3 Å². The average Bonchev–Trinajstić information content (AvgIpc) is 2.55. The van der Waals surface area contributed by atoms with Gasteiger partial charge >= 0.3 is 0 Å². The standard InChI is InChI=1S/C12H18O4/c1-11(2)5-4-8(13)12(3)10(11)7-6-9(14-12)16-15-7/h6,8-10,13H,4-5H2,1-3H3/t8-,9+,10?,12-/m0/s1. The van der Waals surface area contributed by atoms with E-state index in [0.29, 0.717) is 0 Å². The summed E-state index contributed by atoms with van der Waals surface area (Å²) < 4.78 is 5.84. The number of rotatable bonds is 0. The summed E-state index contributed by atoms with van der Waals surface area (Å²) in [5.74, 6) is 0.880. The maximum Gasteiger partial charge on any atom is 0.226 e. The number of aliphatic hydroxyl groups is 1. The zero-order valence-corrected chi connectivity index (χ0v) is 9.90. The van der Waals surface area contributed by atoms with Crippen molar-refractivity contribution in [1.82, 2.24) is 0 Å². The first-order valence-corrected chi connectivity index (χ1v) is 5.84. The van der Waals surface area contributed by atoms with Crippen LogP contribution in [0.5, 0.6) is 0 Å². The van der Waals surface area contributed by atoms with Crippen molar-refractivity contribution in [2.45, 2.75) is 51.6 Å². The summed E-state index contributed by atoms with van der Waals surface area (Å²) in [5.41, 5.74) is -0.536. The number of hydrogen-bond acceptors (Lipinski definition) is 4. The van der Waals surface area contributed by atoms with Gasteiger partial charge < -0.3 is 14.7 Å². The third kappa shape index (κ3) is 1.21. The van der Waals surface area contributed by atoms with Crippen LogP contribution in [0, 0.1) is 11.3 Å². The fraction of sp³-hybridized carbons (Fsp3) is 0.833. The van der Waals surface area contributed by atoms with Gasteiger partial charge in [-0.05, 0) is 25.2 Å². The molecule has 0 radical (unpaired) electrons. The third-order valence-electron chi connectivity index (χ3n) is 4.27. The van der Waals surface area contributed by atoms with Crippen molar-refractivity contribution in [1.29, 1.82) is 0 Å². The molecule has 0 aromatic heterocycles. The fourth-order valence-corrected chi connectivity index (χ4v) is 3.46. The molecule has 90 valence electrons. The minimum Gasteiger partial charge on any atom is -0.390 e. The predicted octanol–water partition coefficient (Wildman–Crippen LogP) is 1.74. The van der Waals surface area contributed by atoms with Crippen molar-refractivity contribution in [2.75, 3.05) is 0 Å². The monoisotopic (exact) mass is 226 g/mol. The SMILES string of the molecule is CC1(C)CC[C@H](O)[C@]2(C)O[C@H]3C=C(OO3)C12. The molecule has 2 heterocycles. The Kier molecular flexibility index (Phi) is 1.98. The summed E-state index contributed by atoms with van der Waals surface area (Å²) in [7, 11) is 0. The van der Waals surface area contributed by atoms with Crippen LogP contribution in [0.1, 0.15) is 33.6 Å². The lowest BCUT2D eigenvalue weighted by Gasteiger charge is -2.52. The molecule has 1 unspecified atom stereocenters. The maximum atomic E-state index is 10.2. The molecule has 1 aliphatic carbocycles. The molecule has 4 heteroatoms. The van der Waals surface area contributed by atoms with Gasteiger partial charge in [-0.1, -0.05) is 13.8 Å². The first kappa shape index (κ1) is 10.6. The molecule has 0 amide bonds. The van der Waals surface area contributed by atoms with E-state index in [-0.39, 0.29) is 11.3 Å². The first-order chi connectivity index (χ1) is 7.43. The largest absolute Gasteiger partial charge is 0.390 e. The van der Waals surface area contributed by atoms with E-state index in [1.165, 1.54) is 0 Å². The summed E-state index contributed by atoms with van der Waals surface area (Å²) in [6.45, 7) is 6.34. The summed E-state index contributed by atoms with van der Waals surface area (Å²) in [4.78, 5) is 10.3. The van der Waals surface area contributed by atoms with E-state index in [1.54, 1.807) is 0 Å². The van der Waals surface area contributed by atoms with Gasteiger partial charge in [0.25, 0.3) is 0 Å². The van der Waals surface area contributed by atoms with Crippen LogP contribution in [0.2, 0.25) is 0 Å². The number of aliphatic hydroxyl groups excluding tert-OH is 1. The Morgan fingerprint density at radius 2 is 2.12 bits per heavy atom. The van der Waals surface area contributed by atoms with Crippen molar-refractivity contribution < 1.29 is 19.6 Å². The Morgan fingerprint density at radius 1 is 1.38 bits per heavy atom. The third-order valence-corrected chi connectivity index (χ3v) is 4.27. The normalized spacial score (nSPS) is 49.2. The second-order valence-corrected chi connectivity index (χ2v) is 5.89. The van der Waals surface area contributed by atoms with Gasteiger partial charge in [-0.15, -0.1) is 0 Å². The molecular formula is C12H18O4.